The molecule has 0 aromatic heterocycles. The van der Waals surface area contributed by atoms with Gasteiger partial charge in [0.1, 0.15) is 0 Å². The quantitative estimate of drug-likeness (QED) is 0.890. The van der Waals surface area contributed by atoms with Crippen LogP contribution >= 0.6 is 0 Å². The van der Waals surface area contributed by atoms with Crippen molar-refractivity contribution in [2.45, 2.75) is 31.2 Å². The molecule has 0 radical (unpaired) electrons. The van der Waals surface area contributed by atoms with Crippen molar-refractivity contribution < 1.29 is 9.90 Å². The lowest BCUT2D eigenvalue weighted by Crippen LogP contribution is -2.32. The Morgan fingerprint density at radius 2 is 2.06 bits per heavy atom. The van der Waals surface area contributed by atoms with Gasteiger partial charge in [0.25, 0.3) is 0 Å². The predicted octanol–water partition coefficient (Wildman–Crippen LogP) is 2.64. The van der Waals surface area contributed by atoms with Crippen LogP contribution in [0.2, 0.25) is 0 Å². The van der Waals surface area contributed by atoms with Crippen LogP contribution in [0.1, 0.15) is 42.3 Å². The molecule has 1 fully saturated rings. The highest BCUT2D eigenvalue weighted by Gasteiger charge is 2.44. The molecule has 96 valence electrons. The van der Waals surface area contributed by atoms with Crippen molar-refractivity contribution in [1.29, 1.82) is 0 Å². The normalized spacial score (nSPS) is 29.3. The summed E-state index contributed by atoms with van der Waals surface area (Å²) in [7, 11) is 1.94. The molecule has 2 aliphatic carbocycles. The van der Waals surface area contributed by atoms with Gasteiger partial charge in [0.05, 0.1) is 6.54 Å². The number of likely N-dealkylation sites (N-methyl/N-ethyl adjacent to an activating group) is 1. The van der Waals surface area contributed by atoms with Gasteiger partial charge in [0.15, 0.2) is 0 Å². The lowest BCUT2D eigenvalue weighted by atomic mass is 9.94. The molecule has 18 heavy (non-hydrogen) atoms. The third kappa shape index (κ3) is 1.74. The first kappa shape index (κ1) is 11.7. The molecule has 0 aliphatic heterocycles. The van der Waals surface area contributed by atoms with Gasteiger partial charge in [-0.2, -0.15) is 0 Å². The summed E-state index contributed by atoms with van der Waals surface area (Å²) >= 11 is 0. The zero-order chi connectivity index (χ0) is 12.7. The standard InChI is InChI=1S/C15H19NO2/c1-16(9-14(17)18)15-12-6-3-2-5-10(12)11-7-4-8-13(11)15/h2-3,5-6,11,13,15H,4,7-9H2,1H3,(H,17,18). The van der Waals surface area contributed by atoms with Crippen molar-refractivity contribution in [3.63, 3.8) is 0 Å². The first-order valence-electron chi connectivity index (χ1n) is 6.69. The molecule has 1 aromatic carbocycles. The summed E-state index contributed by atoms with van der Waals surface area (Å²) in [5, 5.41) is 8.99. The maximum absolute atomic E-state index is 10.9. The molecule has 1 saturated carbocycles. The molecule has 3 nitrogen and oxygen atoms in total. The molecule has 0 saturated heterocycles. The average molecular weight is 245 g/mol. The lowest BCUT2D eigenvalue weighted by molar-refractivity contribution is -0.138. The van der Waals surface area contributed by atoms with Crippen molar-refractivity contribution >= 4 is 5.97 Å². The van der Waals surface area contributed by atoms with E-state index < -0.39 is 5.97 Å². The number of hydrogen-bond acceptors (Lipinski definition) is 2. The fourth-order valence-corrected chi connectivity index (χ4v) is 3.98. The summed E-state index contributed by atoms with van der Waals surface area (Å²) in [6, 6.07) is 8.88. The first-order chi connectivity index (χ1) is 8.68. The molecule has 2 aliphatic rings. The third-order valence-electron chi connectivity index (χ3n) is 4.55. The summed E-state index contributed by atoms with van der Waals surface area (Å²) in [6.07, 6.45) is 3.77. The van der Waals surface area contributed by atoms with E-state index >= 15 is 0 Å². The van der Waals surface area contributed by atoms with Crippen LogP contribution in [0, 0.1) is 5.92 Å². The van der Waals surface area contributed by atoms with Gasteiger partial charge in [-0.05, 0) is 42.9 Å². The predicted molar refractivity (Wildman–Crippen MR) is 69.5 cm³/mol. The molecular weight excluding hydrogens is 226 g/mol. The number of carboxylic acids is 1. The summed E-state index contributed by atoms with van der Waals surface area (Å²) in [5.41, 5.74) is 2.82. The molecule has 0 spiro atoms. The van der Waals surface area contributed by atoms with Crippen LogP contribution in [0.3, 0.4) is 0 Å². The van der Waals surface area contributed by atoms with E-state index in [1.165, 1.54) is 30.4 Å². The smallest absolute Gasteiger partial charge is 0.317 e. The Morgan fingerprint density at radius 3 is 2.78 bits per heavy atom. The van der Waals surface area contributed by atoms with E-state index in [-0.39, 0.29) is 6.54 Å². The molecule has 1 N–H and O–H groups in total. The van der Waals surface area contributed by atoms with Crippen molar-refractivity contribution in [3.8, 4) is 0 Å². The summed E-state index contributed by atoms with van der Waals surface area (Å²) in [5.74, 6) is 0.533. The first-order valence-corrected chi connectivity index (χ1v) is 6.69. The van der Waals surface area contributed by atoms with E-state index in [1.54, 1.807) is 0 Å². The van der Waals surface area contributed by atoms with E-state index in [2.05, 4.69) is 24.3 Å². The number of carbonyl (C=O) groups is 1. The van der Waals surface area contributed by atoms with Crippen LogP contribution in [0.4, 0.5) is 0 Å². The maximum Gasteiger partial charge on any atom is 0.317 e. The molecular formula is C15H19NO2. The molecule has 3 atom stereocenters. The van der Waals surface area contributed by atoms with Gasteiger partial charge >= 0.3 is 5.97 Å². The SMILES string of the molecule is CN(CC(=O)O)C1c2ccccc2C2CCCC21. The van der Waals surface area contributed by atoms with Crippen LogP contribution in [0.25, 0.3) is 0 Å². The van der Waals surface area contributed by atoms with E-state index in [0.717, 1.165) is 0 Å². The second-order valence-corrected chi connectivity index (χ2v) is 5.58. The average Bonchev–Trinajstić information content (AvgIpc) is 2.86. The second-order valence-electron chi connectivity index (χ2n) is 5.58. The minimum absolute atomic E-state index is 0.127. The lowest BCUT2D eigenvalue weighted by Gasteiger charge is -2.28. The highest BCUT2D eigenvalue weighted by atomic mass is 16.4. The molecule has 0 bridgehead atoms. The van der Waals surface area contributed by atoms with Crippen molar-refractivity contribution in [3.05, 3.63) is 35.4 Å². The highest BCUT2D eigenvalue weighted by Crippen LogP contribution is 2.55. The van der Waals surface area contributed by atoms with Crippen LogP contribution in [-0.4, -0.2) is 29.6 Å². The number of hydrogen-bond donors (Lipinski definition) is 1. The topological polar surface area (TPSA) is 40.5 Å². The largest absolute Gasteiger partial charge is 0.480 e. The Morgan fingerprint density at radius 1 is 1.33 bits per heavy atom. The van der Waals surface area contributed by atoms with Gasteiger partial charge < -0.3 is 5.11 Å². The van der Waals surface area contributed by atoms with Crippen molar-refractivity contribution in [2.75, 3.05) is 13.6 Å². The van der Waals surface area contributed by atoms with Gasteiger partial charge in [-0.15, -0.1) is 0 Å². The number of benzene rings is 1. The monoisotopic (exact) mass is 245 g/mol. The number of nitrogens with zero attached hydrogens (tertiary/aromatic N) is 1. The Hall–Kier alpha value is -1.35. The zero-order valence-corrected chi connectivity index (χ0v) is 10.7. The number of aliphatic carboxylic acids is 1. The van der Waals surface area contributed by atoms with Gasteiger partial charge in [-0.1, -0.05) is 30.7 Å². The zero-order valence-electron chi connectivity index (χ0n) is 10.7. The number of carboxylic acid groups (broad SMARTS) is 1. The van der Waals surface area contributed by atoms with Gasteiger partial charge in [0, 0.05) is 6.04 Å². The fraction of sp³-hybridized carbons (Fsp3) is 0.533. The number of rotatable bonds is 3. The minimum Gasteiger partial charge on any atom is -0.480 e. The Balaban J connectivity index is 1.96. The summed E-state index contributed by atoms with van der Waals surface area (Å²) < 4.78 is 0. The fourth-order valence-electron chi connectivity index (χ4n) is 3.98. The van der Waals surface area contributed by atoms with Gasteiger partial charge in [-0.25, -0.2) is 0 Å². The van der Waals surface area contributed by atoms with Gasteiger partial charge in [-0.3, -0.25) is 9.69 Å². The van der Waals surface area contributed by atoms with Crippen LogP contribution in [-0.2, 0) is 4.79 Å². The van der Waals surface area contributed by atoms with E-state index in [0.29, 0.717) is 17.9 Å². The molecule has 1 aromatic rings. The van der Waals surface area contributed by atoms with E-state index in [4.69, 9.17) is 5.11 Å². The van der Waals surface area contributed by atoms with E-state index in [1.807, 2.05) is 11.9 Å². The Bertz CT molecular complexity index is 471. The van der Waals surface area contributed by atoms with E-state index in [9.17, 15) is 4.79 Å². The summed E-state index contributed by atoms with van der Waals surface area (Å²) in [6.45, 7) is 0.127. The van der Waals surface area contributed by atoms with Gasteiger partial charge in [0.2, 0.25) is 0 Å². The minimum atomic E-state index is -0.739. The Labute approximate surface area is 107 Å². The van der Waals surface area contributed by atoms with Crippen molar-refractivity contribution in [1.82, 2.24) is 4.90 Å². The number of fused-ring (bicyclic) bond motifs is 3. The second kappa shape index (κ2) is 4.39. The Kier molecular flexibility index (Phi) is 2.86. The van der Waals surface area contributed by atoms with Crippen LogP contribution in [0.15, 0.2) is 24.3 Å². The molecule has 0 amide bonds. The van der Waals surface area contributed by atoms with Crippen LogP contribution < -0.4 is 0 Å². The molecule has 3 heteroatoms. The maximum atomic E-state index is 10.9. The molecule has 3 unspecified atom stereocenters. The third-order valence-corrected chi connectivity index (χ3v) is 4.55. The molecule has 3 rings (SSSR count). The molecule has 0 heterocycles. The van der Waals surface area contributed by atoms with Crippen molar-refractivity contribution in [2.24, 2.45) is 5.92 Å². The highest BCUT2D eigenvalue weighted by molar-refractivity contribution is 5.69. The van der Waals surface area contributed by atoms with Crippen LogP contribution in [0.5, 0.6) is 0 Å². The summed E-state index contributed by atoms with van der Waals surface area (Å²) in [4.78, 5) is 12.9.